The van der Waals surface area contributed by atoms with E-state index in [1.165, 1.54) is 0 Å². The molecule has 27 heavy (non-hydrogen) atoms. The van der Waals surface area contributed by atoms with Crippen molar-refractivity contribution < 1.29 is 4.74 Å². The highest BCUT2D eigenvalue weighted by Crippen LogP contribution is 2.28. The molecule has 0 aliphatic carbocycles. The third kappa shape index (κ3) is 3.42. The zero-order valence-corrected chi connectivity index (χ0v) is 15.4. The van der Waals surface area contributed by atoms with Crippen molar-refractivity contribution in [3.8, 4) is 17.4 Å². The van der Waals surface area contributed by atoms with E-state index in [9.17, 15) is 0 Å². The average Bonchev–Trinajstić information content (AvgIpc) is 2.68. The minimum Gasteiger partial charge on any atom is -0.467 e. The van der Waals surface area contributed by atoms with Crippen molar-refractivity contribution in [2.24, 2.45) is 0 Å². The van der Waals surface area contributed by atoms with Crippen LogP contribution in [0.3, 0.4) is 0 Å². The maximum atomic E-state index is 5.28. The van der Waals surface area contributed by atoms with Gasteiger partial charge in [0.25, 0.3) is 0 Å². The molecule has 0 unspecified atom stereocenters. The van der Waals surface area contributed by atoms with Crippen LogP contribution in [0.4, 0.5) is 11.5 Å². The molecule has 3 aromatic heterocycles. The average molecular weight is 357 g/mol. The highest BCUT2D eigenvalue weighted by molar-refractivity contribution is 5.90. The first kappa shape index (κ1) is 16.9. The molecule has 0 bridgehead atoms. The Hall–Kier alpha value is -3.54. The molecule has 3 heterocycles. The number of fused-ring (bicyclic) bond motifs is 1. The number of anilines is 2. The number of hydrogen-bond donors (Lipinski definition) is 1. The quantitative estimate of drug-likeness (QED) is 0.581. The van der Waals surface area contributed by atoms with Crippen LogP contribution in [-0.4, -0.2) is 27.0 Å². The Morgan fingerprint density at radius 1 is 0.926 bits per heavy atom. The van der Waals surface area contributed by atoms with Gasteiger partial charge in [0.1, 0.15) is 5.82 Å². The summed E-state index contributed by atoms with van der Waals surface area (Å²) in [6, 6.07) is 16.2. The van der Waals surface area contributed by atoms with Gasteiger partial charge in [-0.25, -0.2) is 4.98 Å². The van der Waals surface area contributed by atoms with Gasteiger partial charge in [-0.15, -0.1) is 0 Å². The minimum atomic E-state index is 0.264. The molecule has 0 amide bonds. The van der Waals surface area contributed by atoms with Crippen LogP contribution in [0.2, 0.25) is 0 Å². The molecular formula is C21H19N5O. The Labute approximate surface area is 157 Å². The van der Waals surface area contributed by atoms with Crippen LogP contribution >= 0.6 is 0 Å². The smallest absolute Gasteiger partial charge is 0.320 e. The standard InChI is InChI=1S/C21H19N5O/c1-13-6-4-8-15(12-13)23-19-16-9-10-17(18-14(2)7-5-11-22-18)24-20(16)26-21(25-19)27-3/h4-12H,1-3H3,(H,23,24,25,26). The number of ether oxygens (including phenoxy) is 1. The Morgan fingerprint density at radius 3 is 2.59 bits per heavy atom. The van der Waals surface area contributed by atoms with E-state index in [0.29, 0.717) is 11.5 Å². The Kier molecular flexibility index (Phi) is 4.38. The van der Waals surface area contributed by atoms with E-state index < -0.39 is 0 Å². The molecule has 0 saturated carbocycles. The fourth-order valence-corrected chi connectivity index (χ4v) is 2.92. The van der Waals surface area contributed by atoms with E-state index >= 15 is 0 Å². The van der Waals surface area contributed by atoms with Gasteiger partial charge >= 0.3 is 6.01 Å². The molecule has 0 radical (unpaired) electrons. The summed E-state index contributed by atoms with van der Waals surface area (Å²) in [7, 11) is 1.55. The lowest BCUT2D eigenvalue weighted by molar-refractivity contribution is 0.382. The zero-order valence-electron chi connectivity index (χ0n) is 15.4. The second-order valence-electron chi connectivity index (χ2n) is 6.29. The van der Waals surface area contributed by atoms with Crippen LogP contribution in [0.5, 0.6) is 6.01 Å². The molecule has 0 fully saturated rings. The van der Waals surface area contributed by atoms with Gasteiger partial charge in [-0.05, 0) is 55.3 Å². The first-order valence-corrected chi connectivity index (χ1v) is 8.62. The highest BCUT2D eigenvalue weighted by atomic mass is 16.5. The number of nitrogens with zero attached hydrogens (tertiary/aromatic N) is 4. The molecule has 0 saturated heterocycles. The summed E-state index contributed by atoms with van der Waals surface area (Å²) in [6.07, 6.45) is 1.76. The van der Waals surface area contributed by atoms with Crippen molar-refractivity contribution >= 4 is 22.5 Å². The third-order valence-corrected chi connectivity index (χ3v) is 4.25. The van der Waals surface area contributed by atoms with Crippen molar-refractivity contribution in [3.05, 3.63) is 65.9 Å². The number of rotatable bonds is 4. The van der Waals surface area contributed by atoms with Crippen LogP contribution in [0.1, 0.15) is 11.1 Å². The molecular weight excluding hydrogens is 338 g/mol. The van der Waals surface area contributed by atoms with E-state index in [1.807, 2.05) is 56.3 Å². The maximum absolute atomic E-state index is 5.28. The number of nitrogens with one attached hydrogen (secondary N) is 1. The molecule has 0 aliphatic rings. The van der Waals surface area contributed by atoms with Crippen LogP contribution in [-0.2, 0) is 0 Å². The predicted octanol–water partition coefficient (Wildman–Crippen LogP) is 4.46. The van der Waals surface area contributed by atoms with Gasteiger partial charge in [-0.3, -0.25) is 4.98 Å². The van der Waals surface area contributed by atoms with E-state index in [1.54, 1.807) is 13.3 Å². The van der Waals surface area contributed by atoms with Crippen LogP contribution < -0.4 is 10.1 Å². The summed E-state index contributed by atoms with van der Waals surface area (Å²) in [5.74, 6) is 0.652. The summed E-state index contributed by atoms with van der Waals surface area (Å²) in [6.45, 7) is 4.06. The second-order valence-corrected chi connectivity index (χ2v) is 6.29. The van der Waals surface area contributed by atoms with Crippen LogP contribution in [0.15, 0.2) is 54.7 Å². The lowest BCUT2D eigenvalue weighted by Crippen LogP contribution is -2.02. The normalized spacial score (nSPS) is 10.8. The fraction of sp³-hybridized carbons (Fsp3) is 0.143. The lowest BCUT2D eigenvalue weighted by atomic mass is 10.1. The third-order valence-electron chi connectivity index (χ3n) is 4.25. The van der Waals surface area contributed by atoms with Gasteiger partial charge < -0.3 is 10.1 Å². The Bertz CT molecular complexity index is 1130. The minimum absolute atomic E-state index is 0.264. The molecule has 1 aromatic carbocycles. The molecule has 1 N–H and O–H groups in total. The number of hydrogen-bond acceptors (Lipinski definition) is 6. The van der Waals surface area contributed by atoms with Crippen molar-refractivity contribution in [2.75, 3.05) is 12.4 Å². The summed E-state index contributed by atoms with van der Waals surface area (Å²) in [4.78, 5) is 18.0. The van der Waals surface area contributed by atoms with Crippen molar-refractivity contribution in [1.82, 2.24) is 19.9 Å². The van der Waals surface area contributed by atoms with E-state index in [0.717, 1.165) is 33.6 Å². The molecule has 0 atom stereocenters. The SMILES string of the molecule is COc1nc(Nc2cccc(C)c2)c2ccc(-c3ncccc3C)nc2n1. The fourth-order valence-electron chi connectivity index (χ4n) is 2.92. The largest absolute Gasteiger partial charge is 0.467 e. The molecule has 4 aromatic rings. The number of methoxy groups -OCH3 is 1. The van der Waals surface area contributed by atoms with Crippen molar-refractivity contribution in [2.45, 2.75) is 13.8 Å². The van der Waals surface area contributed by atoms with Gasteiger partial charge in [0.05, 0.1) is 23.9 Å². The van der Waals surface area contributed by atoms with Crippen LogP contribution in [0, 0.1) is 13.8 Å². The van der Waals surface area contributed by atoms with E-state index in [-0.39, 0.29) is 6.01 Å². The molecule has 6 heteroatoms. The summed E-state index contributed by atoms with van der Waals surface area (Å²) < 4.78 is 5.28. The van der Waals surface area contributed by atoms with Gasteiger partial charge in [0.15, 0.2) is 5.65 Å². The molecule has 4 rings (SSSR count). The highest BCUT2D eigenvalue weighted by Gasteiger charge is 2.13. The Balaban J connectivity index is 1.84. The van der Waals surface area contributed by atoms with Gasteiger partial charge in [0, 0.05) is 11.9 Å². The van der Waals surface area contributed by atoms with Gasteiger partial charge in [0.2, 0.25) is 0 Å². The summed E-state index contributed by atoms with van der Waals surface area (Å²) in [5, 5.41) is 4.16. The van der Waals surface area contributed by atoms with Gasteiger partial charge in [-0.1, -0.05) is 18.2 Å². The van der Waals surface area contributed by atoms with E-state index in [4.69, 9.17) is 9.72 Å². The first-order valence-electron chi connectivity index (χ1n) is 8.62. The predicted molar refractivity (Wildman–Crippen MR) is 106 cm³/mol. The lowest BCUT2D eigenvalue weighted by Gasteiger charge is -2.11. The Morgan fingerprint density at radius 2 is 1.81 bits per heavy atom. The van der Waals surface area contributed by atoms with Gasteiger partial charge in [-0.2, -0.15) is 9.97 Å². The van der Waals surface area contributed by atoms with Crippen molar-refractivity contribution in [1.29, 1.82) is 0 Å². The topological polar surface area (TPSA) is 72.8 Å². The summed E-state index contributed by atoms with van der Waals surface area (Å²) in [5.41, 5.74) is 5.33. The molecule has 0 aliphatic heterocycles. The maximum Gasteiger partial charge on any atom is 0.320 e. The second kappa shape index (κ2) is 6.99. The molecule has 6 nitrogen and oxygen atoms in total. The zero-order chi connectivity index (χ0) is 18.8. The number of aryl methyl sites for hydroxylation is 2. The van der Waals surface area contributed by atoms with Crippen LogP contribution in [0.25, 0.3) is 22.4 Å². The molecule has 134 valence electrons. The summed E-state index contributed by atoms with van der Waals surface area (Å²) >= 11 is 0. The number of benzene rings is 1. The number of pyridine rings is 2. The van der Waals surface area contributed by atoms with E-state index in [2.05, 4.69) is 26.3 Å². The number of aromatic nitrogens is 4. The molecule has 0 spiro atoms. The first-order chi connectivity index (χ1) is 13.1. The van der Waals surface area contributed by atoms with Crippen molar-refractivity contribution in [3.63, 3.8) is 0 Å². The monoisotopic (exact) mass is 357 g/mol.